The highest BCUT2D eigenvalue weighted by molar-refractivity contribution is 8.13. The minimum absolute atomic E-state index is 0.0427. The maximum atomic E-state index is 11.5. The number of ether oxygens (including phenoxy) is 1. The van der Waals surface area contributed by atoms with Crippen molar-refractivity contribution in [1.29, 1.82) is 0 Å². The van der Waals surface area contributed by atoms with Gasteiger partial charge in [0.25, 0.3) is 5.24 Å². The maximum absolute atomic E-state index is 11.5. The van der Waals surface area contributed by atoms with Gasteiger partial charge in [-0.15, -0.1) is 0 Å². The molecule has 0 radical (unpaired) electrons. The van der Waals surface area contributed by atoms with Crippen molar-refractivity contribution in [3.05, 3.63) is 29.3 Å². The number of carbonyl (C=O) groups excluding carboxylic acids is 2. The zero-order valence-electron chi connectivity index (χ0n) is 10.3. The van der Waals surface area contributed by atoms with E-state index in [4.69, 9.17) is 0 Å². The summed E-state index contributed by atoms with van der Waals surface area (Å²) in [5.74, 6) is -0.372. The average Bonchev–Trinajstić information content (AvgIpc) is 2.30. The Hall–Kier alpha value is -1.49. The van der Waals surface area contributed by atoms with Gasteiger partial charge in [-0.1, -0.05) is 0 Å². The number of methoxy groups -OCH3 is 1. The molecule has 0 saturated heterocycles. The summed E-state index contributed by atoms with van der Waals surface area (Å²) in [6.45, 7) is 1.86. The fourth-order valence-corrected chi connectivity index (χ4v) is 1.92. The molecule has 0 N–H and O–H groups in total. The van der Waals surface area contributed by atoms with E-state index in [1.165, 1.54) is 12.0 Å². The molecule has 0 aliphatic carbocycles. The minimum atomic E-state index is -0.372. The van der Waals surface area contributed by atoms with Crippen molar-refractivity contribution in [2.75, 3.05) is 21.2 Å². The maximum Gasteiger partial charge on any atom is 0.337 e. The standard InChI is InChI=1S/C12H15NO3S/c1-8-7-9(11(14)16-4)5-6-10(8)17-12(15)13(2)3/h5-7H,1-4H3. The SMILES string of the molecule is COC(=O)c1ccc(SC(=O)N(C)C)c(C)c1. The summed E-state index contributed by atoms with van der Waals surface area (Å²) in [6.07, 6.45) is 0. The van der Waals surface area contributed by atoms with Crippen LogP contribution in [0, 0.1) is 6.92 Å². The molecule has 92 valence electrons. The molecule has 1 aromatic rings. The van der Waals surface area contributed by atoms with Crippen LogP contribution in [0.15, 0.2) is 23.1 Å². The van der Waals surface area contributed by atoms with Gasteiger partial charge in [0.1, 0.15) is 0 Å². The van der Waals surface area contributed by atoms with Gasteiger partial charge in [-0.2, -0.15) is 0 Å². The number of hydrogen-bond donors (Lipinski definition) is 0. The molecule has 0 spiro atoms. The molecule has 0 heterocycles. The van der Waals surface area contributed by atoms with Crippen molar-refractivity contribution in [1.82, 2.24) is 4.90 Å². The summed E-state index contributed by atoms with van der Waals surface area (Å²) in [4.78, 5) is 25.2. The number of carbonyl (C=O) groups is 2. The van der Waals surface area contributed by atoms with E-state index in [1.54, 1.807) is 32.3 Å². The van der Waals surface area contributed by atoms with Gasteiger partial charge in [0.05, 0.1) is 12.7 Å². The molecular formula is C12H15NO3S. The molecule has 0 aliphatic heterocycles. The lowest BCUT2D eigenvalue weighted by Gasteiger charge is -2.11. The predicted octanol–water partition coefficient (Wildman–Crippen LogP) is 2.56. The van der Waals surface area contributed by atoms with E-state index in [-0.39, 0.29) is 11.2 Å². The van der Waals surface area contributed by atoms with Gasteiger partial charge in [-0.05, 0) is 42.4 Å². The van der Waals surface area contributed by atoms with E-state index in [2.05, 4.69) is 4.74 Å². The first-order valence-electron chi connectivity index (χ1n) is 5.03. The van der Waals surface area contributed by atoms with Crippen LogP contribution in [0.3, 0.4) is 0 Å². The van der Waals surface area contributed by atoms with Gasteiger partial charge in [0.2, 0.25) is 0 Å². The molecule has 5 heteroatoms. The summed E-state index contributed by atoms with van der Waals surface area (Å²) in [7, 11) is 4.75. The Morgan fingerprint density at radius 1 is 1.29 bits per heavy atom. The number of hydrogen-bond acceptors (Lipinski definition) is 4. The second-order valence-electron chi connectivity index (χ2n) is 3.73. The topological polar surface area (TPSA) is 46.6 Å². The number of amides is 1. The van der Waals surface area contributed by atoms with Crippen molar-refractivity contribution in [2.24, 2.45) is 0 Å². The highest BCUT2D eigenvalue weighted by atomic mass is 32.2. The zero-order valence-corrected chi connectivity index (χ0v) is 11.1. The van der Waals surface area contributed by atoms with E-state index < -0.39 is 0 Å². The van der Waals surface area contributed by atoms with Crippen LogP contribution < -0.4 is 0 Å². The molecule has 0 atom stereocenters. The van der Waals surface area contributed by atoms with Crippen molar-refractivity contribution in [3.8, 4) is 0 Å². The summed E-state index contributed by atoms with van der Waals surface area (Å²) >= 11 is 1.14. The van der Waals surface area contributed by atoms with Gasteiger partial charge >= 0.3 is 5.97 Å². The van der Waals surface area contributed by atoms with Gasteiger partial charge in [-0.25, -0.2) is 4.79 Å². The molecule has 4 nitrogen and oxygen atoms in total. The van der Waals surface area contributed by atoms with Crippen LogP contribution >= 0.6 is 11.8 Å². The normalized spacial score (nSPS) is 9.88. The highest BCUT2D eigenvalue weighted by Crippen LogP contribution is 2.25. The molecule has 1 amide bonds. The molecule has 0 aromatic heterocycles. The first-order valence-corrected chi connectivity index (χ1v) is 5.85. The second-order valence-corrected chi connectivity index (χ2v) is 4.73. The van der Waals surface area contributed by atoms with Crippen LogP contribution in [-0.4, -0.2) is 37.3 Å². The van der Waals surface area contributed by atoms with Crippen molar-refractivity contribution >= 4 is 23.0 Å². The number of aryl methyl sites for hydroxylation is 1. The largest absolute Gasteiger partial charge is 0.465 e. The molecule has 0 saturated carbocycles. The summed E-state index contributed by atoms with van der Waals surface area (Å²) in [5, 5.41) is -0.0427. The monoisotopic (exact) mass is 253 g/mol. The molecule has 0 aliphatic rings. The van der Waals surface area contributed by atoms with E-state index >= 15 is 0 Å². The van der Waals surface area contributed by atoms with Crippen molar-refractivity contribution in [3.63, 3.8) is 0 Å². The van der Waals surface area contributed by atoms with Gasteiger partial charge in [0.15, 0.2) is 0 Å². The van der Waals surface area contributed by atoms with Crippen LogP contribution in [0.1, 0.15) is 15.9 Å². The van der Waals surface area contributed by atoms with Crippen LogP contribution in [0.2, 0.25) is 0 Å². The molecule has 0 unspecified atom stereocenters. The summed E-state index contributed by atoms with van der Waals surface area (Å²) in [5.41, 5.74) is 1.37. The number of rotatable bonds is 2. The first kappa shape index (κ1) is 13.6. The van der Waals surface area contributed by atoms with Gasteiger partial charge in [-0.3, -0.25) is 4.79 Å². The lowest BCUT2D eigenvalue weighted by atomic mass is 10.1. The second kappa shape index (κ2) is 5.72. The zero-order chi connectivity index (χ0) is 13.0. The molecule has 0 fully saturated rings. The molecule has 1 aromatic carbocycles. The van der Waals surface area contributed by atoms with Gasteiger partial charge < -0.3 is 9.64 Å². The van der Waals surface area contributed by atoms with Crippen molar-refractivity contribution < 1.29 is 14.3 Å². The molecule has 17 heavy (non-hydrogen) atoms. The Balaban J connectivity index is 2.90. The van der Waals surface area contributed by atoms with Crippen LogP contribution in [0.4, 0.5) is 4.79 Å². The van der Waals surface area contributed by atoms with E-state index in [0.717, 1.165) is 22.2 Å². The molecule has 1 rings (SSSR count). The average molecular weight is 253 g/mol. The Labute approximate surface area is 105 Å². The lowest BCUT2D eigenvalue weighted by Crippen LogP contribution is -2.16. The van der Waals surface area contributed by atoms with Crippen molar-refractivity contribution in [2.45, 2.75) is 11.8 Å². The summed E-state index contributed by atoms with van der Waals surface area (Å²) in [6, 6.07) is 5.13. The Kier molecular flexibility index (Phi) is 4.57. The van der Waals surface area contributed by atoms with E-state index in [1.807, 2.05) is 6.92 Å². The highest BCUT2D eigenvalue weighted by Gasteiger charge is 2.11. The predicted molar refractivity (Wildman–Crippen MR) is 67.5 cm³/mol. The number of thioether (sulfide) groups is 1. The minimum Gasteiger partial charge on any atom is -0.465 e. The Morgan fingerprint density at radius 2 is 1.94 bits per heavy atom. The van der Waals surface area contributed by atoms with Crippen LogP contribution in [0.5, 0.6) is 0 Å². The third-order valence-electron chi connectivity index (χ3n) is 2.16. The number of benzene rings is 1. The first-order chi connectivity index (χ1) is 7.95. The van der Waals surface area contributed by atoms with Gasteiger partial charge in [0, 0.05) is 19.0 Å². The van der Waals surface area contributed by atoms with Crippen LogP contribution in [-0.2, 0) is 4.74 Å². The fourth-order valence-electron chi connectivity index (χ4n) is 1.19. The fraction of sp³-hybridized carbons (Fsp3) is 0.333. The quantitative estimate of drug-likeness (QED) is 0.600. The Morgan fingerprint density at radius 3 is 2.41 bits per heavy atom. The van der Waals surface area contributed by atoms with E-state index in [9.17, 15) is 9.59 Å². The van der Waals surface area contributed by atoms with E-state index in [0.29, 0.717) is 5.56 Å². The molecular weight excluding hydrogens is 238 g/mol. The number of esters is 1. The number of nitrogens with zero attached hydrogens (tertiary/aromatic N) is 1. The Bertz CT molecular complexity index is 443. The van der Waals surface area contributed by atoms with Crippen LogP contribution in [0.25, 0.3) is 0 Å². The molecule has 0 bridgehead atoms. The smallest absolute Gasteiger partial charge is 0.337 e. The lowest BCUT2D eigenvalue weighted by molar-refractivity contribution is 0.0600. The third kappa shape index (κ3) is 3.49. The third-order valence-corrected chi connectivity index (χ3v) is 3.38. The summed E-state index contributed by atoms with van der Waals surface area (Å²) < 4.78 is 4.63.